The maximum absolute atomic E-state index is 12.1. The predicted molar refractivity (Wildman–Crippen MR) is 47.6 cm³/mol. The second-order valence-electron chi connectivity index (χ2n) is 2.33. The molecule has 0 spiro atoms. The van der Waals surface area contributed by atoms with Crippen LogP contribution >= 0.6 is 11.6 Å². The van der Waals surface area contributed by atoms with Gasteiger partial charge in [0.2, 0.25) is 6.41 Å². The van der Waals surface area contributed by atoms with Crippen LogP contribution < -0.4 is 10.1 Å². The average molecular weight is 222 g/mol. The zero-order valence-electron chi connectivity index (χ0n) is 6.84. The molecule has 1 aromatic rings. The number of ether oxygens (including phenoxy) is 1. The number of nitrogens with one attached hydrogen (secondary N) is 1. The number of carbonyl (C=O) groups excluding carboxylic acids is 1. The Morgan fingerprint density at radius 3 is 2.36 bits per heavy atom. The summed E-state index contributed by atoms with van der Waals surface area (Å²) in [7, 11) is 0. The fourth-order valence-electron chi connectivity index (χ4n) is 0.821. The van der Waals surface area contributed by atoms with Gasteiger partial charge in [-0.1, -0.05) is 0 Å². The summed E-state index contributed by atoms with van der Waals surface area (Å²) in [6.45, 7) is 0. The van der Waals surface area contributed by atoms with E-state index in [1.807, 2.05) is 0 Å². The molecule has 0 aromatic heterocycles. The zero-order valence-corrected chi connectivity index (χ0v) is 7.59. The van der Waals surface area contributed by atoms with E-state index in [1.165, 1.54) is 24.3 Å². The lowest BCUT2D eigenvalue weighted by atomic mass is 10.3. The first-order chi connectivity index (χ1) is 6.51. The molecule has 0 aliphatic rings. The van der Waals surface area contributed by atoms with Crippen molar-refractivity contribution in [3.63, 3.8) is 0 Å². The molecule has 0 unspecified atom stereocenters. The molecule has 14 heavy (non-hydrogen) atoms. The summed E-state index contributed by atoms with van der Waals surface area (Å²) in [5, 5.41) is 2.34. The minimum absolute atomic E-state index is 0.0820. The van der Waals surface area contributed by atoms with Gasteiger partial charge in [0.25, 0.3) is 0 Å². The van der Waals surface area contributed by atoms with E-state index in [2.05, 4.69) is 21.7 Å². The van der Waals surface area contributed by atoms with E-state index in [0.29, 0.717) is 12.1 Å². The number of hydrogen-bond donors (Lipinski definition) is 1. The summed E-state index contributed by atoms with van der Waals surface area (Å²) >= 11 is 4.54. The molecular weight excluding hydrogens is 216 g/mol. The van der Waals surface area contributed by atoms with Crippen molar-refractivity contribution in [3.8, 4) is 5.75 Å². The van der Waals surface area contributed by atoms with Crippen LogP contribution in [-0.4, -0.2) is 12.0 Å². The van der Waals surface area contributed by atoms with Crippen LogP contribution in [0.15, 0.2) is 24.3 Å². The molecule has 0 bridgehead atoms. The van der Waals surface area contributed by atoms with Crippen molar-refractivity contribution >= 4 is 23.7 Å². The number of halogens is 3. The van der Waals surface area contributed by atoms with E-state index >= 15 is 0 Å². The van der Waals surface area contributed by atoms with Crippen LogP contribution in [0, 0.1) is 0 Å². The van der Waals surface area contributed by atoms with Crippen LogP contribution in [0.25, 0.3) is 0 Å². The lowest BCUT2D eigenvalue weighted by molar-refractivity contribution is -0.105. The average Bonchev–Trinajstić information content (AvgIpc) is 2.06. The third-order valence-electron chi connectivity index (χ3n) is 1.31. The lowest BCUT2D eigenvalue weighted by Crippen LogP contribution is -2.15. The number of carbonyl (C=O) groups is 1. The number of amides is 1. The normalized spacial score (nSPS) is 10.8. The summed E-state index contributed by atoms with van der Waals surface area (Å²) in [4.78, 5) is 10.0. The van der Waals surface area contributed by atoms with Crippen molar-refractivity contribution in [2.75, 3.05) is 5.32 Å². The number of alkyl halides is 3. The van der Waals surface area contributed by atoms with Gasteiger partial charge in [0.15, 0.2) is 0 Å². The highest BCUT2D eigenvalue weighted by atomic mass is 35.5. The van der Waals surface area contributed by atoms with E-state index in [9.17, 15) is 13.6 Å². The van der Waals surface area contributed by atoms with Crippen LogP contribution in [0.3, 0.4) is 0 Å². The highest BCUT2D eigenvalue weighted by Crippen LogP contribution is 2.25. The van der Waals surface area contributed by atoms with Gasteiger partial charge in [-0.2, -0.15) is 0 Å². The van der Waals surface area contributed by atoms with E-state index in [4.69, 9.17) is 0 Å². The largest absolute Gasteiger partial charge is 0.487 e. The van der Waals surface area contributed by atoms with Gasteiger partial charge < -0.3 is 10.1 Å². The van der Waals surface area contributed by atoms with Gasteiger partial charge in [-0.25, -0.2) is 0 Å². The third kappa shape index (κ3) is 3.57. The molecule has 6 heteroatoms. The van der Waals surface area contributed by atoms with Gasteiger partial charge in [-0.15, -0.1) is 8.78 Å². The predicted octanol–water partition coefficient (Wildman–Crippen LogP) is 2.42. The zero-order chi connectivity index (χ0) is 10.6. The molecule has 0 fully saturated rings. The maximum atomic E-state index is 12.1. The molecule has 1 aromatic carbocycles. The van der Waals surface area contributed by atoms with Crippen LogP contribution in [0.4, 0.5) is 14.5 Å². The van der Waals surface area contributed by atoms with Crippen molar-refractivity contribution in [2.24, 2.45) is 0 Å². The Morgan fingerprint density at radius 1 is 1.36 bits per heavy atom. The first-order valence-corrected chi connectivity index (χ1v) is 3.95. The number of anilines is 1. The molecule has 0 heterocycles. The number of hydrogen-bond acceptors (Lipinski definition) is 2. The molecular formula is C8H6ClF2NO2. The first kappa shape index (κ1) is 10.7. The highest BCUT2D eigenvalue weighted by molar-refractivity contribution is 6.20. The van der Waals surface area contributed by atoms with Crippen molar-refractivity contribution in [1.82, 2.24) is 0 Å². The van der Waals surface area contributed by atoms with Crippen molar-refractivity contribution in [1.29, 1.82) is 0 Å². The van der Waals surface area contributed by atoms with E-state index in [-0.39, 0.29) is 5.75 Å². The molecule has 0 radical (unpaired) electrons. The Balaban J connectivity index is 2.68. The molecule has 1 rings (SSSR count). The summed E-state index contributed by atoms with van der Waals surface area (Å²) in [5.41, 5.74) is -3.25. The van der Waals surface area contributed by atoms with Crippen molar-refractivity contribution in [3.05, 3.63) is 24.3 Å². The fraction of sp³-hybridized carbons (Fsp3) is 0.125. The van der Waals surface area contributed by atoms with Crippen LogP contribution in [0.2, 0.25) is 0 Å². The molecule has 3 nitrogen and oxygen atoms in total. The minimum atomic E-state index is -3.72. The lowest BCUT2D eigenvalue weighted by Gasteiger charge is -2.10. The number of rotatable bonds is 4. The van der Waals surface area contributed by atoms with E-state index in [1.54, 1.807) is 0 Å². The molecule has 1 amide bonds. The summed E-state index contributed by atoms with van der Waals surface area (Å²) in [6, 6.07) is 5.35. The molecule has 0 aliphatic heterocycles. The van der Waals surface area contributed by atoms with Crippen LogP contribution in [0.1, 0.15) is 0 Å². The Bertz CT molecular complexity index is 310. The first-order valence-electron chi connectivity index (χ1n) is 3.57. The molecule has 1 N–H and O–H groups in total. The highest BCUT2D eigenvalue weighted by Gasteiger charge is 2.27. The number of benzene rings is 1. The van der Waals surface area contributed by atoms with Gasteiger partial charge in [-0.05, 0) is 24.3 Å². The van der Waals surface area contributed by atoms with Gasteiger partial charge in [0.05, 0.1) is 0 Å². The standard InChI is InChI=1S/C8H6ClF2NO2/c9-8(10,11)14-7-3-1-6(2-4-7)12-5-13/h1-5H,(H,12,13). The van der Waals surface area contributed by atoms with Crippen molar-refractivity contribution < 1.29 is 18.3 Å². The van der Waals surface area contributed by atoms with Crippen LogP contribution in [-0.2, 0) is 4.79 Å². The SMILES string of the molecule is O=CNc1ccc(OC(F)(F)Cl)cc1. The second kappa shape index (κ2) is 4.23. The summed E-state index contributed by atoms with van der Waals surface area (Å²) in [5.74, 6) is -0.0820. The van der Waals surface area contributed by atoms with Crippen molar-refractivity contribution in [2.45, 2.75) is 5.57 Å². The quantitative estimate of drug-likeness (QED) is 0.626. The summed E-state index contributed by atoms with van der Waals surface area (Å²) in [6.07, 6.45) is 0.478. The topological polar surface area (TPSA) is 38.3 Å². The smallest absolute Gasteiger partial charge is 0.420 e. The van der Waals surface area contributed by atoms with E-state index in [0.717, 1.165) is 0 Å². The minimum Gasteiger partial charge on any atom is -0.420 e. The Kier molecular flexibility index (Phi) is 3.24. The van der Waals surface area contributed by atoms with Gasteiger partial charge in [0, 0.05) is 17.3 Å². The maximum Gasteiger partial charge on any atom is 0.487 e. The molecule has 0 aliphatic carbocycles. The van der Waals surface area contributed by atoms with Gasteiger partial charge >= 0.3 is 5.57 Å². The Labute approximate surface area is 83.6 Å². The molecule has 76 valence electrons. The summed E-state index contributed by atoms with van der Waals surface area (Å²) < 4.78 is 28.3. The monoisotopic (exact) mass is 221 g/mol. The Morgan fingerprint density at radius 2 is 1.93 bits per heavy atom. The van der Waals surface area contributed by atoms with Gasteiger partial charge in [-0.3, -0.25) is 4.79 Å². The third-order valence-corrected chi connectivity index (χ3v) is 1.39. The fourth-order valence-corrected chi connectivity index (χ4v) is 0.910. The Hall–Kier alpha value is -1.36. The van der Waals surface area contributed by atoms with E-state index < -0.39 is 5.57 Å². The van der Waals surface area contributed by atoms with Gasteiger partial charge in [0.1, 0.15) is 5.75 Å². The molecule has 0 saturated heterocycles. The van der Waals surface area contributed by atoms with Crippen LogP contribution in [0.5, 0.6) is 5.75 Å². The second-order valence-corrected chi connectivity index (χ2v) is 2.77. The molecule has 0 atom stereocenters. The molecule has 0 saturated carbocycles.